The van der Waals surface area contributed by atoms with Gasteiger partial charge in [-0.2, -0.15) is 12.6 Å². The highest BCUT2D eigenvalue weighted by Crippen LogP contribution is 2.25. The van der Waals surface area contributed by atoms with Crippen molar-refractivity contribution < 1.29 is 0 Å². The van der Waals surface area contributed by atoms with Gasteiger partial charge in [-0.15, -0.1) is 0 Å². The van der Waals surface area contributed by atoms with Gasteiger partial charge in [0.2, 0.25) is 0 Å². The number of thiol groups is 1. The van der Waals surface area contributed by atoms with Crippen LogP contribution in [-0.2, 0) is 0 Å². The molecule has 0 spiro atoms. The third-order valence-electron chi connectivity index (χ3n) is 1.70. The summed E-state index contributed by atoms with van der Waals surface area (Å²) in [6, 6.07) is 0. The highest BCUT2D eigenvalue weighted by molar-refractivity contribution is 7.82. The molecule has 0 radical (unpaired) electrons. The molecule has 1 aliphatic carbocycles. The van der Waals surface area contributed by atoms with Crippen LogP contribution < -0.4 is 0 Å². The van der Waals surface area contributed by atoms with Gasteiger partial charge in [0.25, 0.3) is 0 Å². The lowest BCUT2D eigenvalue weighted by Crippen LogP contribution is -2.12. The molecule has 1 aliphatic rings. The summed E-state index contributed by atoms with van der Waals surface area (Å²) in [6.07, 6.45) is 11.6. The summed E-state index contributed by atoms with van der Waals surface area (Å²) in [5, 5.41) is 0. The summed E-state index contributed by atoms with van der Waals surface area (Å²) in [7, 11) is 0. The lowest BCUT2D eigenvalue weighted by Gasteiger charge is -2.18. The largest absolute Gasteiger partial charge is 0.168 e. The molecular weight excluding hydrogens is 152 g/mol. The smallest absolute Gasteiger partial charge is 0.0319 e. The van der Waals surface area contributed by atoms with Crippen molar-refractivity contribution in [2.45, 2.75) is 25.0 Å². The van der Waals surface area contributed by atoms with E-state index in [2.05, 4.69) is 56.9 Å². The number of hydrogen-bond acceptors (Lipinski definition) is 1. The van der Waals surface area contributed by atoms with E-state index >= 15 is 0 Å². The van der Waals surface area contributed by atoms with Crippen LogP contribution in [0.4, 0.5) is 0 Å². The molecule has 1 heteroatoms. The maximum atomic E-state index is 4.50. The average molecular weight is 166 g/mol. The van der Waals surface area contributed by atoms with E-state index < -0.39 is 0 Å². The predicted octanol–water partition coefficient (Wildman–Crippen LogP) is 3.14. The second-order valence-corrected chi connectivity index (χ2v) is 4.36. The van der Waals surface area contributed by atoms with Crippen molar-refractivity contribution in [3.8, 4) is 0 Å². The molecule has 0 bridgehead atoms. The molecule has 0 aromatic rings. The first-order valence-electron chi connectivity index (χ1n) is 3.87. The molecule has 1 rings (SSSR count). The third-order valence-corrected chi connectivity index (χ3v) is 1.96. The van der Waals surface area contributed by atoms with Crippen LogP contribution in [0.15, 0.2) is 36.0 Å². The average Bonchev–Trinajstić information content (AvgIpc) is 2.10. The molecule has 60 valence electrons. The number of allylic oxidation sites excluding steroid dienone is 5. The van der Waals surface area contributed by atoms with E-state index in [9.17, 15) is 0 Å². The van der Waals surface area contributed by atoms with Gasteiger partial charge in [-0.05, 0) is 25.8 Å². The quantitative estimate of drug-likeness (QED) is 0.568. The lowest BCUT2D eigenvalue weighted by atomic mass is 10.0. The Hall–Kier alpha value is -0.430. The first kappa shape index (κ1) is 8.66. The lowest BCUT2D eigenvalue weighted by molar-refractivity contribution is 0.861. The van der Waals surface area contributed by atoms with Crippen molar-refractivity contribution in [3.05, 3.63) is 36.0 Å². The first-order valence-corrected chi connectivity index (χ1v) is 4.31. The summed E-state index contributed by atoms with van der Waals surface area (Å²) in [6.45, 7) is 4.22. The maximum Gasteiger partial charge on any atom is 0.0319 e. The fourth-order valence-corrected chi connectivity index (χ4v) is 1.20. The van der Waals surface area contributed by atoms with E-state index in [1.807, 2.05) is 0 Å². The molecule has 0 aromatic heterocycles. The van der Waals surface area contributed by atoms with E-state index in [-0.39, 0.29) is 4.75 Å². The van der Waals surface area contributed by atoms with E-state index in [4.69, 9.17) is 0 Å². The molecule has 0 unspecified atom stereocenters. The maximum absolute atomic E-state index is 4.50. The minimum atomic E-state index is -0.0114. The van der Waals surface area contributed by atoms with Gasteiger partial charge in [0.05, 0.1) is 0 Å². The van der Waals surface area contributed by atoms with Crippen molar-refractivity contribution in [2.24, 2.45) is 0 Å². The summed E-state index contributed by atoms with van der Waals surface area (Å²) < 4.78 is -0.0114. The van der Waals surface area contributed by atoms with Crippen molar-refractivity contribution >= 4 is 12.6 Å². The van der Waals surface area contributed by atoms with Gasteiger partial charge in [0.15, 0.2) is 0 Å². The van der Waals surface area contributed by atoms with E-state index in [1.165, 1.54) is 5.57 Å². The van der Waals surface area contributed by atoms with Crippen LogP contribution in [0.2, 0.25) is 0 Å². The Morgan fingerprint density at radius 3 is 2.73 bits per heavy atom. The van der Waals surface area contributed by atoms with Crippen LogP contribution in [0.1, 0.15) is 20.3 Å². The van der Waals surface area contributed by atoms with Gasteiger partial charge in [-0.25, -0.2) is 0 Å². The van der Waals surface area contributed by atoms with Crippen molar-refractivity contribution in [1.29, 1.82) is 0 Å². The van der Waals surface area contributed by atoms with Crippen molar-refractivity contribution in [3.63, 3.8) is 0 Å². The molecule has 0 aromatic carbocycles. The molecule has 0 aliphatic heterocycles. The zero-order chi connectivity index (χ0) is 8.32. The van der Waals surface area contributed by atoms with Gasteiger partial charge in [-0.3, -0.25) is 0 Å². The summed E-state index contributed by atoms with van der Waals surface area (Å²) in [4.78, 5) is 0. The van der Waals surface area contributed by atoms with Gasteiger partial charge >= 0.3 is 0 Å². The summed E-state index contributed by atoms with van der Waals surface area (Å²) in [5.41, 5.74) is 1.30. The Morgan fingerprint density at radius 2 is 2.09 bits per heavy atom. The molecule has 0 saturated heterocycles. The summed E-state index contributed by atoms with van der Waals surface area (Å²) >= 11 is 4.50. The van der Waals surface area contributed by atoms with Gasteiger partial charge in [-0.1, -0.05) is 30.4 Å². The zero-order valence-corrected chi connectivity index (χ0v) is 7.94. The van der Waals surface area contributed by atoms with E-state index in [1.54, 1.807) is 0 Å². The number of hydrogen-bond donors (Lipinski definition) is 1. The second kappa shape index (κ2) is 3.31. The van der Waals surface area contributed by atoms with Crippen LogP contribution >= 0.6 is 12.6 Å². The molecule has 11 heavy (non-hydrogen) atoms. The predicted molar refractivity (Wildman–Crippen MR) is 54.0 cm³/mol. The SMILES string of the molecule is CC(C)(S)C1=CCC=CC=C1. The molecule has 0 saturated carbocycles. The Labute approximate surface area is 74.1 Å². The fraction of sp³-hybridized carbons (Fsp3) is 0.400. The van der Waals surface area contributed by atoms with E-state index in [0.717, 1.165) is 6.42 Å². The van der Waals surface area contributed by atoms with Crippen molar-refractivity contribution in [1.82, 2.24) is 0 Å². The number of rotatable bonds is 1. The van der Waals surface area contributed by atoms with Crippen LogP contribution in [0, 0.1) is 0 Å². The molecule has 0 heterocycles. The molecule has 0 nitrogen and oxygen atoms in total. The van der Waals surface area contributed by atoms with Crippen LogP contribution in [0.5, 0.6) is 0 Å². The van der Waals surface area contributed by atoms with Crippen molar-refractivity contribution in [2.75, 3.05) is 0 Å². The summed E-state index contributed by atoms with van der Waals surface area (Å²) in [5.74, 6) is 0. The van der Waals surface area contributed by atoms with Crippen LogP contribution in [0.3, 0.4) is 0 Å². The van der Waals surface area contributed by atoms with Crippen LogP contribution in [-0.4, -0.2) is 4.75 Å². The highest BCUT2D eigenvalue weighted by atomic mass is 32.1. The highest BCUT2D eigenvalue weighted by Gasteiger charge is 2.14. The standard InChI is InChI=1S/C10H14S/c1-10(2,11)9-7-5-3-4-6-8-9/h3-5,7-8,11H,6H2,1-2H3. The minimum Gasteiger partial charge on any atom is -0.168 e. The Kier molecular flexibility index (Phi) is 2.61. The molecular formula is C10H14S. The Bertz CT molecular complexity index is 214. The monoisotopic (exact) mass is 166 g/mol. The normalized spacial score (nSPS) is 17.9. The fourth-order valence-electron chi connectivity index (χ4n) is 1.03. The van der Waals surface area contributed by atoms with Gasteiger partial charge in [0.1, 0.15) is 0 Å². The van der Waals surface area contributed by atoms with Gasteiger partial charge in [0, 0.05) is 4.75 Å². The first-order chi connectivity index (χ1) is 5.11. The van der Waals surface area contributed by atoms with Crippen LogP contribution in [0.25, 0.3) is 0 Å². The van der Waals surface area contributed by atoms with Gasteiger partial charge < -0.3 is 0 Å². The Morgan fingerprint density at radius 1 is 1.36 bits per heavy atom. The minimum absolute atomic E-state index is 0.0114. The second-order valence-electron chi connectivity index (χ2n) is 3.24. The molecule has 0 atom stereocenters. The van der Waals surface area contributed by atoms with E-state index in [0.29, 0.717) is 0 Å². The molecule has 0 fully saturated rings. The Balaban J connectivity index is 2.81. The molecule has 0 N–H and O–H groups in total. The molecule has 0 amide bonds. The third kappa shape index (κ3) is 2.58. The zero-order valence-electron chi connectivity index (χ0n) is 7.04. The topological polar surface area (TPSA) is 0 Å².